The highest BCUT2D eigenvalue weighted by Crippen LogP contribution is 1.90. The van der Waals surface area contributed by atoms with Crippen LogP contribution in [-0.4, -0.2) is 5.78 Å². The average Bonchev–Trinajstić information content (AvgIpc) is 1.89. The van der Waals surface area contributed by atoms with Gasteiger partial charge in [-0.1, -0.05) is 26.3 Å². The predicted octanol–water partition coefficient (Wildman–Crippen LogP) is 2.32. The van der Waals surface area contributed by atoms with E-state index in [0.717, 1.165) is 12.8 Å². The van der Waals surface area contributed by atoms with E-state index in [0.29, 0.717) is 6.42 Å². The smallest absolute Gasteiger partial charge is 0.155 e. The summed E-state index contributed by atoms with van der Waals surface area (Å²) in [6.45, 7) is 3.97. The van der Waals surface area contributed by atoms with Gasteiger partial charge in [0, 0.05) is 6.42 Å². The molecular weight excluding hydrogens is 112 g/mol. The van der Waals surface area contributed by atoms with Crippen molar-refractivity contribution in [3.05, 3.63) is 12.2 Å². The van der Waals surface area contributed by atoms with E-state index in [1.807, 2.05) is 13.0 Å². The monoisotopic (exact) mass is 126 g/mol. The number of carbonyl (C=O) groups excluding carboxylic acids is 1. The topological polar surface area (TPSA) is 17.1 Å². The van der Waals surface area contributed by atoms with Crippen molar-refractivity contribution < 1.29 is 4.79 Å². The summed E-state index contributed by atoms with van der Waals surface area (Å²) in [7, 11) is 0. The van der Waals surface area contributed by atoms with Crippen LogP contribution in [-0.2, 0) is 4.79 Å². The van der Waals surface area contributed by atoms with Crippen LogP contribution in [0.2, 0.25) is 0 Å². The molecule has 52 valence electrons. The highest BCUT2D eigenvalue weighted by molar-refractivity contribution is 5.89. The second kappa shape index (κ2) is 5.54. The molecule has 1 nitrogen and oxygen atoms in total. The molecule has 0 bridgehead atoms. The van der Waals surface area contributed by atoms with Crippen molar-refractivity contribution in [3.63, 3.8) is 0 Å². The van der Waals surface area contributed by atoms with Crippen LogP contribution in [0, 0.1) is 0 Å². The van der Waals surface area contributed by atoms with Crippen molar-refractivity contribution in [3.8, 4) is 0 Å². The van der Waals surface area contributed by atoms with Gasteiger partial charge in [-0.2, -0.15) is 0 Å². The molecular formula is C8H14O. The first-order valence-electron chi connectivity index (χ1n) is 3.50. The van der Waals surface area contributed by atoms with Crippen LogP contribution < -0.4 is 0 Å². The Morgan fingerprint density at radius 1 is 1.44 bits per heavy atom. The van der Waals surface area contributed by atoms with Crippen LogP contribution in [0.1, 0.15) is 33.1 Å². The zero-order valence-electron chi connectivity index (χ0n) is 6.18. The molecule has 0 fully saturated rings. The zero-order valence-corrected chi connectivity index (χ0v) is 6.18. The molecule has 0 atom stereocenters. The number of carbonyl (C=O) groups is 1. The van der Waals surface area contributed by atoms with Gasteiger partial charge < -0.3 is 0 Å². The van der Waals surface area contributed by atoms with Gasteiger partial charge in [0.25, 0.3) is 0 Å². The molecule has 0 spiro atoms. The van der Waals surface area contributed by atoms with Crippen molar-refractivity contribution in [1.29, 1.82) is 0 Å². The Balaban J connectivity index is 3.32. The molecule has 0 aliphatic rings. The van der Waals surface area contributed by atoms with Gasteiger partial charge in [0.15, 0.2) is 5.78 Å². The summed E-state index contributed by atoms with van der Waals surface area (Å²) in [5.74, 6) is 0.225. The van der Waals surface area contributed by atoms with E-state index < -0.39 is 0 Å². The fourth-order valence-corrected chi connectivity index (χ4v) is 0.499. The molecule has 0 heterocycles. The normalized spacial score (nSPS) is 10.4. The van der Waals surface area contributed by atoms with E-state index in [2.05, 4.69) is 6.92 Å². The van der Waals surface area contributed by atoms with E-state index in [4.69, 9.17) is 0 Å². The molecule has 0 saturated carbocycles. The number of allylic oxidation sites excluding steroid dienone is 2. The summed E-state index contributed by atoms with van der Waals surface area (Å²) < 4.78 is 0. The Morgan fingerprint density at radius 2 is 2.11 bits per heavy atom. The molecule has 0 saturated heterocycles. The first-order valence-corrected chi connectivity index (χ1v) is 3.50. The molecule has 0 radical (unpaired) electrons. The van der Waals surface area contributed by atoms with Crippen LogP contribution in [0.5, 0.6) is 0 Å². The first kappa shape index (κ1) is 8.41. The lowest BCUT2D eigenvalue weighted by Gasteiger charge is -1.83. The molecule has 0 amide bonds. The molecule has 9 heavy (non-hydrogen) atoms. The predicted molar refractivity (Wildman–Crippen MR) is 39.3 cm³/mol. The quantitative estimate of drug-likeness (QED) is 0.528. The van der Waals surface area contributed by atoms with Crippen LogP contribution in [0.25, 0.3) is 0 Å². The van der Waals surface area contributed by atoms with E-state index in [1.165, 1.54) is 0 Å². The van der Waals surface area contributed by atoms with Crippen LogP contribution >= 0.6 is 0 Å². The minimum atomic E-state index is 0.225. The SMILES string of the molecule is CCC/C=C\C(=O)CC. The Kier molecular flexibility index (Phi) is 5.18. The molecule has 1 heteroatoms. The lowest BCUT2D eigenvalue weighted by Crippen LogP contribution is -1.86. The number of ketones is 1. The Labute approximate surface area is 56.8 Å². The fourth-order valence-electron chi connectivity index (χ4n) is 0.499. The molecule has 0 aromatic heterocycles. The summed E-state index contributed by atoms with van der Waals surface area (Å²) in [5, 5.41) is 0. The molecule has 0 aliphatic heterocycles. The number of hydrogen-bond acceptors (Lipinski definition) is 1. The summed E-state index contributed by atoms with van der Waals surface area (Å²) in [5.41, 5.74) is 0. The molecule has 0 rings (SSSR count). The van der Waals surface area contributed by atoms with Crippen molar-refractivity contribution in [2.45, 2.75) is 33.1 Å². The van der Waals surface area contributed by atoms with Gasteiger partial charge in [-0.05, 0) is 12.5 Å². The molecule has 0 unspecified atom stereocenters. The lowest BCUT2D eigenvalue weighted by molar-refractivity contribution is -0.114. The highest BCUT2D eigenvalue weighted by Gasteiger charge is 1.86. The van der Waals surface area contributed by atoms with Gasteiger partial charge in [-0.15, -0.1) is 0 Å². The Morgan fingerprint density at radius 3 is 2.56 bits per heavy atom. The maximum atomic E-state index is 10.6. The van der Waals surface area contributed by atoms with E-state index in [9.17, 15) is 4.79 Å². The summed E-state index contributed by atoms with van der Waals surface area (Å²) in [6.07, 6.45) is 6.37. The first-order chi connectivity index (χ1) is 4.31. The van der Waals surface area contributed by atoms with E-state index >= 15 is 0 Å². The van der Waals surface area contributed by atoms with Gasteiger partial charge >= 0.3 is 0 Å². The van der Waals surface area contributed by atoms with Crippen molar-refractivity contribution in [2.24, 2.45) is 0 Å². The van der Waals surface area contributed by atoms with Crippen LogP contribution in [0.15, 0.2) is 12.2 Å². The molecule has 0 aliphatic carbocycles. The van der Waals surface area contributed by atoms with Gasteiger partial charge in [-0.3, -0.25) is 4.79 Å². The standard InChI is InChI=1S/C8H14O/c1-3-5-6-7-8(9)4-2/h6-7H,3-5H2,1-2H3/b7-6-. The van der Waals surface area contributed by atoms with Crippen LogP contribution in [0.3, 0.4) is 0 Å². The van der Waals surface area contributed by atoms with Gasteiger partial charge in [0.1, 0.15) is 0 Å². The maximum absolute atomic E-state index is 10.6. The molecule has 0 aromatic rings. The number of rotatable bonds is 4. The maximum Gasteiger partial charge on any atom is 0.155 e. The second-order valence-corrected chi connectivity index (χ2v) is 2.01. The average molecular weight is 126 g/mol. The van der Waals surface area contributed by atoms with Gasteiger partial charge in [0.05, 0.1) is 0 Å². The third-order valence-electron chi connectivity index (χ3n) is 1.11. The highest BCUT2D eigenvalue weighted by atomic mass is 16.1. The third-order valence-corrected chi connectivity index (χ3v) is 1.11. The minimum Gasteiger partial charge on any atom is -0.295 e. The summed E-state index contributed by atoms with van der Waals surface area (Å²) in [4.78, 5) is 10.6. The Bertz CT molecular complexity index is 103. The molecule has 0 N–H and O–H groups in total. The number of unbranched alkanes of at least 4 members (excludes halogenated alkanes) is 1. The van der Waals surface area contributed by atoms with Crippen LogP contribution in [0.4, 0.5) is 0 Å². The Hall–Kier alpha value is -0.590. The van der Waals surface area contributed by atoms with E-state index in [1.54, 1.807) is 6.08 Å². The van der Waals surface area contributed by atoms with Crippen molar-refractivity contribution in [2.75, 3.05) is 0 Å². The lowest BCUT2D eigenvalue weighted by atomic mass is 10.2. The van der Waals surface area contributed by atoms with Crippen molar-refractivity contribution >= 4 is 5.78 Å². The van der Waals surface area contributed by atoms with Gasteiger partial charge in [-0.25, -0.2) is 0 Å². The largest absolute Gasteiger partial charge is 0.295 e. The third kappa shape index (κ3) is 5.28. The summed E-state index contributed by atoms with van der Waals surface area (Å²) >= 11 is 0. The zero-order chi connectivity index (χ0) is 7.11. The van der Waals surface area contributed by atoms with Crippen molar-refractivity contribution in [1.82, 2.24) is 0 Å². The fraction of sp³-hybridized carbons (Fsp3) is 0.625. The number of hydrogen-bond donors (Lipinski definition) is 0. The molecule has 0 aromatic carbocycles. The second-order valence-electron chi connectivity index (χ2n) is 2.01. The van der Waals surface area contributed by atoms with Gasteiger partial charge in [0.2, 0.25) is 0 Å². The minimum absolute atomic E-state index is 0.225. The summed E-state index contributed by atoms with van der Waals surface area (Å²) in [6, 6.07) is 0. The van der Waals surface area contributed by atoms with E-state index in [-0.39, 0.29) is 5.78 Å².